The fourth-order valence-electron chi connectivity index (χ4n) is 3.20. The van der Waals surface area contributed by atoms with E-state index < -0.39 is 11.8 Å². The van der Waals surface area contributed by atoms with Gasteiger partial charge in [0.05, 0.1) is 6.04 Å². The van der Waals surface area contributed by atoms with Gasteiger partial charge in [-0.25, -0.2) is 0 Å². The summed E-state index contributed by atoms with van der Waals surface area (Å²) in [6.45, 7) is 4.73. The van der Waals surface area contributed by atoms with Crippen molar-refractivity contribution < 1.29 is 14.0 Å². The van der Waals surface area contributed by atoms with Crippen LogP contribution in [0.5, 0.6) is 0 Å². The van der Waals surface area contributed by atoms with E-state index in [-0.39, 0.29) is 6.04 Å². The third-order valence-corrected chi connectivity index (χ3v) is 4.63. The zero-order valence-corrected chi connectivity index (χ0v) is 14.9. The molecule has 7 heteroatoms. The van der Waals surface area contributed by atoms with Gasteiger partial charge in [0.25, 0.3) is 0 Å². The van der Waals surface area contributed by atoms with Gasteiger partial charge in [-0.2, -0.15) is 5.10 Å². The van der Waals surface area contributed by atoms with Gasteiger partial charge in [0.15, 0.2) is 5.82 Å². The normalized spacial score (nSPS) is 20.5. The average Bonchev–Trinajstić information content (AvgIpc) is 3.23. The fourth-order valence-corrected chi connectivity index (χ4v) is 3.20. The summed E-state index contributed by atoms with van der Waals surface area (Å²) >= 11 is 0. The third kappa shape index (κ3) is 3.75. The van der Waals surface area contributed by atoms with Gasteiger partial charge in [-0.05, 0) is 30.9 Å². The number of hydrogen-bond donors (Lipinski definition) is 1. The van der Waals surface area contributed by atoms with E-state index in [0.29, 0.717) is 18.3 Å². The average molecular weight is 344 g/mol. The molecular weight excluding hydrogens is 320 g/mol. The minimum atomic E-state index is -0.666. The summed E-state index contributed by atoms with van der Waals surface area (Å²) in [5.74, 6) is 1.27. The van der Waals surface area contributed by atoms with E-state index in [1.807, 2.05) is 19.1 Å². The fraction of sp³-hybridized carbons (Fsp3) is 0.500. The van der Waals surface area contributed by atoms with E-state index in [1.54, 1.807) is 28.9 Å². The quantitative estimate of drug-likeness (QED) is 0.868. The molecule has 3 rings (SSSR count). The summed E-state index contributed by atoms with van der Waals surface area (Å²) in [7, 11) is 1.75. The second kappa shape index (κ2) is 7.13. The zero-order valence-electron chi connectivity index (χ0n) is 14.9. The largest absolute Gasteiger partial charge is 0.464 e. The topological polar surface area (TPSA) is 80.4 Å². The lowest BCUT2D eigenvalue weighted by Gasteiger charge is -2.36. The molecule has 134 valence electrons. The molecule has 0 saturated carbocycles. The van der Waals surface area contributed by atoms with Crippen molar-refractivity contribution in [1.82, 2.24) is 14.7 Å². The Bertz CT molecular complexity index is 764. The molecular formula is C18H24N4O3. The monoisotopic (exact) mass is 344 g/mol. The van der Waals surface area contributed by atoms with Crippen LogP contribution in [0.3, 0.4) is 0 Å². The molecule has 1 aliphatic rings. The first-order valence-electron chi connectivity index (χ1n) is 8.68. The summed E-state index contributed by atoms with van der Waals surface area (Å²) in [4.78, 5) is 26.7. The van der Waals surface area contributed by atoms with Gasteiger partial charge in [0, 0.05) is 32.3 Å². The summed E-state index contributed by atoms with van der Waals surface area (Å²) in [5, 5.41) is 6.64. The lowest BCUT2D eigenvalue weighted by molar-refractivity contribution is -0.146. The molecule has 1 saturated heterocycles. The second-order valence-corrected chi connectivity index (χ2v) is 6.63. The van der Waals surface area contributed by atoms with Crippen LogP contribution < -0.4 is 5.32 Å². The number of nitrogens with zero attached hydrogens (tertiary/aromatic N) is 3. The van der Waals surface area contributed by atoms with Gasteiger partial charge in [0.2, 0.25) is 0 Å². The Hall–Kier alpha value is -2.57. The van der Waals surface area contributed by atoms with Gasteiger partial charge in [-0.15, -0.1) is 0 Å². The van der Waals surface area contributed by atoms with Crippen LogP contribution in [-0.2, 0) is 23.1 Å². The van der Waals surface area contributed by atoms with Crippen molar-refractivity contribution in [3.05, 3.63) is 35.9 Å². The molecule has 2 atom stereocenters. The number of aromatic nitrogens is 2. The van der Waals surface area contributed by atoms with Gasteiger partial charge >= 0.3 is 11.8 Å². The number of nitrogens with one attached hydrogen (secondary N) is 1. The number of anilines is 1. The first kappa shape index (κ1) is 17.3. The predicted molar refractivity (Wildman–Crippen MR) is 92.8 cm³/mol. The first-order chi connectivity index (χ1) is 12.0. The highest BCUT2D eigenvalue weighted by Gasteiger charge is 2.35. The predicted octanol–water partition coefficient (Wildman–Crippen LogP) is 2.51. The Morgan fingerprint density at radius 1 is 1.36 bits per heavy atom. The number of furan rings is 1. The van der Waals surface area contributed by atoms with Crippen LogP contribution in [0.25, 0.3) is 0 Å². The molecule has 0 unspecified atom stereocenters. The van der Waals surface area contributed by atoms with E-state index in [0.717, 1.165) is 30.8 Å². The van der Waals surface area contributed by atoms with Crippen LogP contribution in [0.4, 0.5) is 5.82 Å². The van der Waals surface area contributed by atoms with Crippen molar-refractivity contribution in [1.29, 1.82) is 0 Å². The molecule has 0 spiro atoms. The molecule has 2 aromatic heterocycles. The SMILES string of the molecule is CCc1ccc([C@H]2C[C@@H](C)CCN2C(=O)C(=O)Nc2ccn(C)n2)o1. The van der Waals surface area contributed by atoms with Crippen molar-refractivity contribution in [2.24, 2.45) is 13.0 Å². The molecule has 0 radical (unpaired) electrons. The minimum Gasteiger partial charge on any atom is -0.464 e. The molecule has 1 fully saturated rings. The molecule has 0 aliphatic carbocycles. The van der Waals surface area contributed by atoms with Gasteiger partial charge < -0.3 is 14.6 Å². The van der Waals surface area contributed by atoms with Crippen molar-refractivity contribution in [2.75, 3.05) is 11.9 Å². The molecule has 0 bridgehead atoms. The standard InChI is InChI=1S/C18H24N4O3/c1-4-13-5-6-15(25-13)14-11-12(2)7-10-22(14)18(24)17(23)19-16-8-9-21(3)20-16/h5-6,8-9,12,14H,4,7,10-11H2,1-3H3,(H,19,20,23)/t12-,14+/m0/s1. The van der Waals surface area contributed by atoms with Crippen LogP contribution >= 0.6 is 0 Å². The molecule has 1 aliphatic heterocycles. The highest BCUT2D eigenvalue weighted by Crippen LogP contribution is 2.35. The Kier molecular flexibility index (Phi) is 4.92. The van der Waals surface area contributed by atoms with E-state index in [2.05, 4.69) is 17.3 Å². The van der Waals surface area contributed by atoms with Crippen molar-refractivity contribution in [2.45, 2.75) is 39.2 Å². The number of rotatable bonds is 3. The summed E-state index contributed by atoms with van der Waals surface area (Å²) < 4.78 is 7.43. The molecule has 25 heavy (non-hydrogen) atoms. The first-order valence-corrected chi connectivity index (χ1v) is 8.68. The molecule has 1 N–H and O–H groups in total. The maximum Gasteiger partial charge on any atom is 0.315 e. The number of aryl methyl sites for hydroxylation is 2. The Labute approximate surface area is 147 Å². The second-order valence-electron chi connectivity index (χ2n) is 6.63. The van der Waals surface area contributed by atoms with Crippen LogP contribution in [0, 0.1) is 5.92 Å². The highest BCUT2D eigenvalue weighted by molar-refractivity contribution is 6.39. The Morgan fingerprint density at radius 3 is 2.80 bits per heavy atom. The van der Waals surface area contributed by atoms with Gasteiger partial charge in [0.1, 0.15) is 11.5 Å². The number of piperidine rings is 1. The molecule has 2 amide bonds. The number of carbonyl (C=O) groups excluding carboxylic acids is 2. The maximum atomic E-state index is 12.7. The Morgan fingerprint density at radius 2 is 2.16 bits per heavy atom. The number of likely N-dealkylation sites (tertiary alicyclic amines) is 1. The van der Waals surface area contributed by atoms with Gasteiger partial charge in [-0.3, -0.25) is 14.3 Å². The van der Waals surface area contributed by atoms with E-state index in [4.69, 9.17) is 4.42 Å². The summed E-state index contributed by atoms with van der Waals surface area (Å²) in [5.41, 5.74) is 0. The maximum absolute atomic E-state index is 12.7. The van der Waals surface area contributed by atoms with Crippen molar-refractivity contribution >= 4 is 17.6 Å². The smallest absolute Gasteiger partial charge is 0.315 e. The summed E-state index contributed by atoms with van der Waals surface area (Å²) in [6.07, 6.45) is 4.18. The van der Waals surface area contributed by atoms with Crippen LogP contribution in [0.2, 0.25) is 0 Å². The number of carbonyl (C=O) groups is 2. The molecule has 2 aromatic rings. The van der Waals surface area contributed by atoms with Crippen molar-refractivity contribution in [3.8, 4) is 0 Å². The number of hydrogen-bond acceptors (Lipinski definition) is 4. The van der Waals surface area contributed by atoms with Crippen molar-refractivity contribution in [3.63, 3.8) is 0 Å². The van der Waals surface area contributed by atoms with E-state index >= 15 is 0 Å². The zero-order chi connectivity index (χ0) is 18.0. The van der Waals surface area contributed by atoms with E-state index in [1.165, 1.54) is 0 Å². The highest BCUT2D eigenvalue weighted by atomic mass is 16.3. The lowest BCUT2D eigenvalue weighted by atomic mass is 9.91. The van der Waals surface area contributed by atoms with E-state index in [9.17, 15) is 9.59 Å². The Balaban J connectivity index is 1.76. The van der Waals surface area contributed by atoms with Crippen LogP contribution in [0.15, 0.2) is 28.8 Å². The minimum absolute atomic E-state index is 0.203. The molecule has 0 aromatic carbocycles. The summed E-state index contributed by atoms with van der Waals surface area (Å²) in [6, 6.07) is 5.30. The van der Waals surface area contributed by atoms with Crippen LogP contribution in [-0.4, -0.2) is 33.0 Å². The third-order valence-electron chi connectivity index (χ3n) is 4.63. The van der Waals surface area contributed by atoms with Gasteiger partial charge in [-0.1, -0.05) is 13.8 Å². The molecule has 3 heterocycles. The molecule has 7 nitrogen and oxygen atoms in total. The van der Waals surface area contributed by atoms with Crippen LogP contribution in [0.1, 0.15) is 44.3 Å². The number of amides is 2. The lowest BCUT2D eigenvalue weighted by Crippen LogP contribution is -2.45.